The molecule has 0 saturated carbocycles. The number of hydrogen-bond donors (Lipinski definition) is 1. The number of nitrogens with zero attached hydrogens (tertiary/aromatic N) is 2. The third-order valence-electron chi connectivity index (χ3n) is 3.16. The van der Waals surface area contributed by atoms with Crippen LogP contribution in [-0.4, -0.2) is 68.1 Å². The third-order valence-corrected chi connectivity index (χ3v) is 3.16. The van der Waals surface area contributed by atoms with Crippen LogP contribution in [0.1, 0.15) is 6.42 Å². The first-order valence-electron chi connectivity index (χ1n) is 5.57. The SMILES string of the molecule is CN1CCNC(CCN2CC(F)(F)C2)C1. The van der Waals surface area contributed by atoms with Crippen molar-refractivity contribution in [3.8, 4) is 0 Å². The molecule has 2 fully saturated rings. The third kappa shape index (κ3) is 3.09. The highest BCUT2D eigenvalue weighted by Crippen LogP contribution is 2.26. The summed E-state index contributed by atoms with van der Waals surface area (Å²) in [5.74, 6) is -2.42. The zero-order chi connectivity index (χ0) is 10.9. The number of alkyl halides is 2. The van der Waals surface area contributed by atoms with Gasteiger partial charge in [0.2, 0.25) is 0 Å². The van der Waals surface area contributed by atoms with Gasteiger partial charge in [0.15, 0.2) is 0 Å². The molecule has 1 atom stereocenters. The van der Waals surface area contributed by atoms with Crippen LogP contribution in [-0.2, 0) is 0 Å². The van der Waals surface area contributed by atoms with Crippen molar-refractivity contribution in [2.45, 2.75) is 18.4 Å². The maximum atomic E-state index is 12.6. The van der Waals surface area contributed by atoms with Gasteiger partial charge in [-0.2, -0.15) is 0 Å². The van der Waals surface area contributed by atoms with E-state index in [1.807, 2.05) is 4.90 Å². The monoisotopic (exact) mass is 219 g/mol. The van der Waals surface area contributed by atoms with E-state index >= 15 is 0 Å². The van der Waals surface area contributed by atoms with E-state index in [9.17, 15) is 8.78 Å². The molecule has 2 saturated heterocycles. The fourth-order valence-corrected chi connectivity index (χ4v) is 2.29. The Morgan fingerprint density at radius 2 is 2.13 bits per heavy atom. The van der Waals surface area contributed by atoms with Crippen LogP contribution in [0.5, 0.6) is 0 Å². The Kier molecular flexibility index (Phi) is 3.23. The van der Waals surface area contributed by atoms with Crippen molar-refractivity contribution in [1.82, 2.24) is 15.1 Å². The van der Waals surface area contributed by atoms with E-state index < -0.39 is 5.92 Å². The number of likely N-dealkylation sites (N-methyl/N-ethyl adjacent to an activating group) is 1. The van der Waals surface area contributed by atoms with Gasteiger partial charge < -0.3 is 10.2 Å². The standard InChI is InChI=1S/C10H19F2N3/c1-14-5-3-13-9(6-14)2-4-15-7-10(11,12)8-15/h9,13H,2-8H2,1H3. The largest absolute Gasteiger partial charge is 0.311 e. The van der Waals surface area contributed by atoms with Gasteiger partial charge in [-0.15, -0.1) is 0 Å². The van der Waals surface area contributed by atoms with Gasteiger partial charge in [-0.25, -0.2) is 8.78 Å². The molecule has 0 aromatic heterocycles. The molecule has 1 unspecified atom stereocenters. The Hall–Kier alpha value is -0.260. The molecule has 0 spiro atoms. The lowest BCUT2D eigenvalue weighted by Gasteiger charge is -2.40. The molecule has 5 heteroatoms. The van der Waals surface area contributed by atoms with Crippen LogP contribution in [0.4, 0.5) is 8.78 Å². The molecule has 0 aromatic carbocycles. The number of halogens is 2. The van der Waals surface area contributed by atoms with E-state index in [0.29, 0.717) is 6.04 Å². The summed E-state index contributed by atoms with van der Waals surface area (Å²) in [6, 6.07) is 0.470. The van der Waals surface area contributed by atoms with Gasteiger partial charge in [-0.1, -0.05) is 0 Å². The lowest BCUT2D eigenvalue weighted by atomic mass is 10.1. The summed E-state index contributed by atoms with van der Waals surface area (Å²) in [7, 11) is 2.10. The molecule has 2 aliphatic rings. The zero-order valence-corrected chi connectivity index (χ0v) is 9.18. The van der Waals surface area contributed by atoms with Crippen LogP contribution in [0, 0.1) is 0 Å². The second-order valence-electron chi connectivity index (χ2n) is 4.77. The smallest absolute Gasteiger partial charge is 0.272 e. The van der Waals surface area contributed by atoms with Crippen LogP contribution in [0.15, 0.2) is 0 Å². The predicted molar refractivity (Wildman–Crippen MR) is 55.3 cm³/mol. The number of likely N-dealkylation sites (tertiary alicyclic amines) is 1. The van der Waals surface area contributed by atoms with E-state index in [-0.39, 0.29) is 13.1 Å². The van der Waals surface area contributed by atoms with Crippen LogP contribution < -0.4 is 5.32 Å². The molecule has 0 aliphatic carbocycles. The Bertz CT molecular complexity index is 215. The van der Waals surface area contributed by atoms with Gasteiger partial charge in [0, 0.05) is 32.2 Å². The number of nitrogens with one attached hydrogen (secondary N) is 1. The van der Waals surface area contributed by atoms with Crippen molar-refractivity contribution in [1.29, 1.82) is 0 Å². The summed E-state index contributed by atoms with van der Waals surface area (Å²) < 4.78 is 25.1. The fraction of sp³-hybridized carbons (Fsp3) is 1.00. The quantitative estimate of drug-likeness (QED) is 0.733. The Morgan fingerprint density at radius 1 is 1.40 bits per heavy atom. The number of rotatable bonds is 3. The molecule has 0 bridgehead atoms. The van der Waals surface area contributed by atoms with Crippen molar-refractivity contribution in [2.24, 2.45) is 0 Å². The summed E-state index contributed by atoms with van der Waals surface area (Å²) in [6.45, 7) is 3.83. The van der Waals surface area contributed by atoms with Crippen molar-refractivity contribution in [2.75, 3.05) is 46.3 Å². The van der Waals surface area contributed by atoms with E-state index in [2.05, 4.69) is 17.3 Å². The van der Waals surface area contributed by atoms with E-state index in [1.165, 1.54) is 0 Å². The molecule has 2 heterocycles. The van der Waals surface area contributed by atoms with Crippen LogP contribution in [0.2, 0.25) is 0 Å². The first kappa shape index (κ1) is 11.2. The highest BCUT2D eigenvalue weighted by molar-refractivity contribution is 4.88. The van der Waals surface area contributed by atoms with E-state index in [0.717, 1.165) is 32.6 Å². The summed E-state index contributed by atoms with van der Waals surface area (Å²) >= 11 is 0. The van der Waals surface area contributed by atoms with Crippen molar-refractivity contribution >= 4 is 0 Å². The molecule has 2 rings (SSSR count). The van der Waals surface area contributed by atoms with Gasteiger partial charge in [-0.05, 0) is 13.5 Å². The Morgan fingerprint density at radius 3 is 2.73 bits per heavy atom. The van der Waals surface area contributed by atoms with Crippen LogP contribution >= 0.6 is 0 Å². The normalized spacial score (nSPS) is 32.6. The minimum atomic E-state index is -2.42. The molecule has 0 amide bonds. The molecule has 15 heavy (non-hydrogen) atoms. The predicted octanol–water partition coefficient (Wildman–Crippen LogP) is 0.231. The summed E-state index contributed by atoms with van der Waals surface area (Å²) in [5, 5.41) is 3.42. The molecule has 88 valence electrons. The van der Waals surface area contributed by atoms with Gasteiger partial charge in [-0.3, -0.25) is 4.90 Å². The molecule has 0 radical (unpaired) electrons. The Labute approximate surface area is 89.4 Å². The second-order valence-corrected chi connectivity index (χ2v) is 4.77. The first-order valence-corrected chi connectivity index (χ1v) is 5.57. The van der Waals surface area contributed by atoms with Gasteiger partial charge in [0.05, 0.1) is 13.1 Å². The fourth-order valence-electron chi connectivity index (χ4n) is 2.29. The first-order chi connectivity index (χ1) is 7.05. The van der Waals surface area contributed by atoms with Gasteiger partial charge >= 0.3 is 0 Å². The van der Waals surface area contributed by atoms with Crippen molar-refractivity contribution in [3.63, 3.8) is 0 Å². The molecule has 1 N–H and O–H groups in total. The second kappa shape index (κ2) is 4.31. The molecule has 0 aromatic rings. The van der Waals surface area contributed by atoms with Gasteiger partial charge in [0.25, 0.3) is 5.92 Å². The highest BCUT2D eigenvalue weighted by Gasteiger charge is 2.43. The van der Waals surface area contributed by atoms with Crippen LogP contribution in [0.25, 0.3) is 0 Å². The lowest BCUT2D eigenvalue weighted by molar-refractivity contribution is -0.131. The number of hydrogen-bond acceptors (Lipinski definition) is 3. The minimum Gasteiger partial charge on any atom is -0.311 e. The summed E-state index contributed by atoms with van der Waals surface area (Å²) in [6.07, 6.45) is 0.973. The van der Waals surface area contributed by atoms with E-state index in [1.54, 1.807) is 0 Å². The molecule has 3 nitrogen and oxygen atoms in total. The van der Waals surface area contributed by atoms with Crippen molar-refractivity contribution in [3.05, 3.63) is 0 Å². The molecular weight excluding hydrogens is 200 g/mol. The Balaban J connectivity index is 1.62. The van der Waals surface area contributed by atoms with Crippen molar-refractivity contribution < 1.29 is 8.78 Å². The molecule has 2 aliphatic heterocycles. The maximum absolute atomic E-state index is 12.6. The summed E-state index contributed by atoms with van der Waals surface area (Å²) in [5.41, 5.74) is 0. The molecular formula is C10H19F2N3. The average Bonchev–Trinajstić information content (AvgIpc) is 2.11. The number of piperazine rings is 1. The average molecular weight is 219 g/mol. The van der Waals surface area contributed by atoms with Gasteiger partial charge in [0.1, 0.15) is 0 Å². The van der Waals surface area contributed by atoms with E-state index in [4.69, 9.17) is 0 Å². The maximum Gasteiger partial charge on any atom is 0.272 e. The van der Waals surface area contributed by atoms with Crippen LogP contribution in [0.3, 0.4) is 0 Å². The lowest BCUT2D eigenvalue weighted by Crippen LogP contribution is -2.57. The zero-order valence-electron chi connectivity index (χ0n) is 9.18. The topological polar surface area (TPSA) is 18.5 Å². The minimum absolute atomic E-state index is 0.0461. The highest BCUT2D eigenvalue weighted by atomic mass is 19.3. The summed E-state index contributed by atoms with van der Waals surface area (Å²) in [4.78, 5) is 4.11.